The van der Waals surface area contributed by atoms with Crippen LogP contribution in [0.3, 0.4) is 0 Å². The Labute approximate surface area is 166 Å². The van der Waals surface area contributed by atoms with E-state index in [-0.39, 0.29) is 11.4 Å². The Morgan fingerprint density at radius 2 is 1.97 bits per heavy atom. The second-order valence-corrected chi connectivity index (χ2v) is 6.13. The molecule has 3 aromatic rings. The number of H-pyrrole nitrogens is 1. The van der Waals surface area contributed by atoms with Gasteiger partial charge in [-0.05, 0) is 31.2 Å². The number of primary amides is 1. The van der Waals surface area contributed by atoms with E-state index in [0.717, 1.165) is 11.3 Å². The Kier molecular flexibility index (Phi) is 5.88. The van der Waals surface area contributed by atoms with Gasteiger partial charge in [0.15, 0.2) is 12.4 Å². The molecule has 1 aromatic heterocycles. The van der Waals surface area contributed by atoms with Crippen molar-refractivity contribution < 1.29 is 19.4 Å². The van der Waals surface area contributed by atoms with Crippen LogP contribution in [0.25, 0.3) is 0 Å². The van der Waals surface area contributed by atoms with Crippen LogP contribution in [0, 0.1) is 6.92 Å². The number of hydrogen-bond acceptors (Lipinski definition) is 6. The summed E-state index contributed by atoms with van der Waals surface area (Å²) >= 11 is 0. The summed E-state index contributed by atoms with van der Waals surface area (Å²) in [5.41, 5.74) is 8.00. The molecule has 0 spiro atoms. The lowest BCUT2D eigenvalue weighted by Gasteiger charge is -2.06. The molecule has 0 aliphatic heterocycles. The minimum absolute atomic E-state index is 0.0974. The minimum Gasteiger partial charge on any atom is -0.481 e. The number of aryl methyl sites for hydroxylation is 1. The maximum Gasteiger partial charge on any atom is 0.341 e. The molecule has 0 fully saturated rings. The van der Waals surface area contributed by atoms with Crippen molar-refractivity contribution in [1.29, 1.82) is 0 Å². The zero-order chi connectivity index (χ0) is 20.8. The molecule has 0 saturated heterocycles. The largest absolute Gasteiger partial charge is 0.481 e. The number of aliphatic imine (C=N–C) groups is 1. The van der Waals surface area contributed by atoms with Gasteiger partial charge in [0.25, 0.3) is 5.91 Å². The number of carboxylic acid groups (broad SMARTS) is 1. The number of benzene rings is 2. The van der Waals surface area contributed by atoms with Gasteiger partial charge in [-0.2, -0.15) is 5.10 Å². The Balaban J connectivity index is 1.86. The summed E-state index contributed by atoms with van der Waals surface area (Å²) in [6, 6.07) is 14.3. The van der Waals surface area contributed by atoms with Crippen LogP contribution in [0.15, 0.2) is 53.5 Å². The Morgan fingerprint density at radius 3 is 2.66 bits per heavy atom. The number of anilines is 2. The SMILES string of the molecule is Cc1ccc(Nc2[nH]nc(N=Cc3ccccc3OCC(=O)O)c2C(N)=O)cc1. The first kappa shape index (κ1) is 19.6. The second-order valence-electron chi connectivity index (χ2n) is 6.13. The van der Waals surface area contributed by atoms with E-state index in [1.807, 2.05) is 31.2 Å². The van der Waals surface area contributed by atoms with E-state index in [1.54, 1.807) is 24.3 Å². The third-order valence-corrected chi connectivity index (χ3v) is 3.91. The fourth-order valence-electron chi connectivity index (χ4n) is 2.52. The molecule has 0 aliphatic carbocycles. The van der Waals surface area contributed by atoms with Crippen LogP contribution in [-0.4, -0.2) is 40.0 Å². The number of ether oxygens (including phenoxy) is 1. The Bertz CT molecular complexity index is 1060. The number of para-hydroxylation sites is 1. The van der Waals surface area contributed by atoms with Crippen LogP contribution in [0.1, 0.15) is 21.5 Å². The molecule has 0 unspecified atom stereocenters. The summed E-state index contributed by atoms with van der Waals surface area (Å²) in [6.07, 6.45) is 1.43. The van der Waals surface area contributed by atoms with Crippen LogP contribution >= 0.6 is 0 Å². The van der Waals surface area contributed by atoms with Crippen LogP contribution in [-0.2, 0) is 4.79 Å². The van der Waals surface area contributed by atoms with Crippen molar-refractivity contribution in [2.24, 2.45) is 10.7 Å². The van der Waals surface area contributed by atoms with Crippen LogP contribution in [0.5, 0.6) is 5.75 Å². The Hall–Kier alpha value is -4.14. The van der Waals surface area contributed by atoms with E-state index >= 15 is 0 Å². The summed E-state index contributed by atoms with van der Waals surface area (Å²) < 4.78 is 5.24. The summed E-state index contributed by atoms with van der Waals surface area (Å²) in [6.45, 7) is 1.49. The normalized spacial score (nSPS) is 10.8. The number of carboxylic acids is 1. The van der Waals surface area contributed by atoms with Crippen molar-refractivity contribution >= 4 is 35.4 Å². The number of carbonyl (C=O) groups excluding carboxylic acids is 1. The van der Waals surface area contributed by atoms with Gasteiger partial charge in [0.1, 0.15) is 17.1 Å². The molecule has 3 rings (SSSR count). The number of carbonyl (C=O) groups is 2. The van der Waals surface area contributed by atoms with Crippen LogP contribution in [0.4, 0.5) is 17.3 Å². The third-order valence-electron chi connectivity index (χ3n) is 3.91. The maximum absolute atomic E-state index is 12.0. The number of nitrogens with one attached hydrogen (secondary N) is 2. The van der Waals surface area contributed by atoms with E-state index in [1.165, 1.54) is 6.21 Å². The monoisotopic (exact) mass is 393 g/mol. The predicted molar refractivity (Wildman–Crippen MR) is 108 cm³/mol. The van der Waals surface area contributed by atoms with Gasteiger partial charge in [-0.25, -0.2) is 9.79 Å². The molecule has 9 heteroatoms. The predicted octanol–water partition coefficient (Wildman–Crippen LogP) is 2.77. The first-order valence-electron chi connectivity index (χ1n) is 8.63. The molecule has 0 aliphatic rings. The van der Waals surface area contributed by atoms with Gasteiger partial charge in [0, 0.05) is 17.5 Å². The molecule has 0 radical (unpaired) electrons. The number of amides is 1. The van der Waals surface area contributed by atoms with Gasteiger partial charge in [-0.3, -0.25) is 9.89 Å². The zero-order valence-electron chi connectivity index (χ0n) is 15.5. The molecular formula is C20H19N5O4. The van der Waals surface area contributed by atoms with Gasteiger partial charge >= 0.3 is 5.97 Å². The average Bonchev–Trinajstić information content (AvgIpc) is 3.09. The third kappa shape index (κ3) is 4.98. The van der Waals surface area contributed by atoms with Crippen molar-refractivity contribution in [3.8, 4) is 5.75 Å². The van der Waals surface area contributed by atoms with Crippen LogP contribution < -0.4 is 15.8 Å². The summed E-state index contributed by atoms with van der Waals surface area (Å²) in [5.74, 6) is -1.03. The van der Waals surface area contributed by atoms with E-state index in [9.17, 15) is 9.59 Å². The zero-order valence-corrected chi connectivity index (χ0v) is 15.5. The molecule has 9 nitrogen and oxygen atoms in total. The molecule has 0 bridgehead atoms. The van der Waals surface area contributed by atoms with Crippen LogP contribution in [0.2, 0.25) is 0 Å². The number of nitrogens with two attached hydrogens (primary N) is 1. The summed E-state index contributed by atoms with van der Waals surface area (Å²) in [5, 5.41) is 18.6. The van der Waals surface area contributed by atoms with Gasteiger partial charge in [0.05, 0.1) is 0 Å². The number of hydrogen-bond donors (Lipinski definition) is 4. The molecule has 0 saturated carbocycles. The van der Waals surface area contributed by atoms with Gasteiger partial charge in [-0.1, -0.05) is 29.8 Å². The smallest absolute Gasteiger partial charge is 0.341 e. The standard InChI is InChI=1S/C20H19N5O4/c1-12-6-8-14(9-7-12)23-20-17(18(21)28)19(24-25-20)22-10-13-4-2-3-5-15(13)29-11-16(26)27/h2-10H,11H2,1H3,(H2,21,28)(H,26,27)(H2,23,24,25). The minimum atomic E-state index is -1.09. The summed E-state index contributed by atoms with van der Waals surface area (Å²) in [7, 11) is 0. The quantitative estimate of drug-likeness (QED) is 0.433. The highest BCUT2D eigenvalue weighted by molar-refractivity contribution is 6.03. The highest BCUT2D eigenvalue weighted by Gasteiger charge is 2.18. The van der Waals surface area contributed by atoms with E-state index in [0.29, 0.717) is 17.1 Å². The first-order valence-corrected chi connectivity index (χ1v) is 8.63. The molecule has 1 amide bonds. The van der Waals surface area contributed by atoms with Gasteiger partial charge < -0.3 is 20.9 Å². The molecule has 0 atom stereocenters. The highest BCUT2D eigenvalue weighted by Crippen LogP contribution is 2.27. The Morgan fingerprint density at radius 1 is 1.24 bits per heavy atom. The van der Waals surface area contributed by atoms with E-state index < -0.39 is 18.5 Å². The van der Waals surface area contributed by atoms with Crippen molar-refractivity contribution in [2.45, 2.75) is 6.92 Å². The fraction of sp³-hybridized carbons (Fsp3) is 0.100. The number of aliphatic carboxylic acids is 1. The van der Waals surface area contributed by atoms with Crippen molar-refractivity contribution in [3.63, 3.8) is 0 Å². The number of rotatable bonds is 8. The maximum atomic E-state index is 12.0. The van der Waals surface area contributed by atoms with Crippen molar-refractivity contribution in [3.05, 3.63) is 65.2 Å². The fourth-order valence-corrected chi connectivity index (χ4v) is 2.52. The van der Waals surface area contributed by atoms with E-state index in [2.05, 4.69) is 20.5 Å². The topological polar surface area (TPSA) is 143 Å². The lowest BCUT2D eigenvalue weighted by Crippen LogP contribution is -2.12. The second kappa shape index (κ2) is 8.70. The number of nitrogens with zero attached hydrogens (tertiary/aromatic N) is 2. The van der Waals surface area contributed by atoms with Gasteiger partial charge in [0.2, 0.25) is 0 Å². The van der Waals surface area contributed by atoms with Gasteiger partial charge in [-0.15, -0.1) is 0 Å². The molecule has 1 heterocycles. The summed E-state index contributed by atoms with van der Waals surface area (Å²) in [4.78, 5) is 26.9. The average molecular weight is 393 g/mol. The van der Waals surface area contributed by atoms with E-state index in [4.69, 9.17) is 15.6 Å². The lowest BCUT2D eigenvalue weighted by molar-refractivity contribution is -0.139. The van der Waals surface area contributed by atoms with Crippen molar-refractivity contribution in [1.82, 2.24) is 10.2 Å². The number of aromatic nitrogens is 2. The molecule has 5 N–H and O–H groups in total. The molecule has 29 heavy (non-hydrogen) atoms. The number of aromatic amines is 1. The molecular weight excluding hydrogens is 374 g/mol. The lowest BCUT2D eigenvalue weighted by atomic mass is 10.2. The molecule has 2 aromatic carbocycles. The first-order chi connectivity index (χ1) is 13.9. The highest BCUT2D eigenvalue weighted by atomic mass is 16.5. The molecule has 148 valence electrons. The van der Waals surface area contributed by atoms with Crippen molar-refractivity contribution in [2.75, 3.05) is 11.9 Å².